The lowest BCUT2D eigenvalue weighted by molar-refractivity contribution is -0.150. The number of likely N-dealkylation sites (tertiary alicyclic amines) is 1. The van der Waals surface area contributed by atoms with Gasteiger partial charge in [-0.1, -0.05) is 6.07 Å². The average Bonchev–Trinajstić information content (AvgIpc) is 2.74. The Morgan fingerprint density at radius 3 is 2.94 bits per heavy atom. The number of carbonyl (C=O) groups excluding carboxylic acids is 1. The first-order chi connectivity index (χ1) is 7.74. The first kappa shape index (κ1) is 11.6. The Kier molecular flexibility index (Phi) is 3.96. The van der Waals surface area contributed by atoms with Gasteiger partial charge in [-0.2, -0.15) is 0 Å². The lowest BCUT2D eigenvalue weighted by Gasteiger charge is -2.28. The summed E-state index contributed by atoms with van der Waals surface area (Å²) in [6.45, 7) is 2.05. The zero-order chi connectivity index (χ0) is 11.4. The van der Waals surface area contributed by atoms with Crippen LogP contribution in [0.2, 0.25) is 0 Å². The van der Waals surface area contributed by atoms with Gasteiger partial charge in [0.1, 0.15) is 6.10 Å². The third kappa shape index (κ3) is 3.32. The second kappa shape index (κ2) is 5.46. The van der Waals surface area contributed by atoms with E-state index in [1.807, 2.05) is 17.5 Å². The van der Waals surface area contributed by atoms with Crippen molar-refractivity contribution in [1.82, 2.24) is 4.90 Å². The minimum atomic E-state index is -0.0861. The molecule has 4 heteroatoms. The Labute approximate surface area is 100 Å². The van der Waals surface area contributed by atoms with Gasteiger partial charge >= 0.3 is 5.97 Å². The topological polar surface area (TPSA) is 29.5 Å². The fourth-order valence-corrected chi connectivity index (χ4v) is 2.58. The first-order valence-corrected chi connectivity index (χ1v) is 6.52. The van der Waals surface area contributed by atoms with Gasteiger partial charge in [0.2, 0.25) is 0 Å². The standard InChI is InChI=1S/C12H17NO2S/c1-13-6-4-10(5-7-13)15-12(14)9-11-3-2-8-16-11/h2-3,8,10H,4-7,9H2,1H3. The van der Waals surface area contributed by atoms with Gasteiger partial charge in [-0.05, 0) is 31.3 Å². The monoisotopic (exact) mass is 239 g/mol. The number of hydrogen-bond acceptors (Lipinski definition) is 4. The highest BCUT2D eigenvalue weighted by Crippen LogP contribution is 2.15. The summed E-state index contributed by atoms with van der Waals surface area (Å²) in [5.41, 5.74) is 0. The molecule has 0 N–H and O–H groups in total. The Bertz CT molecular complexity index is 329. The van der Waals surface area contributed by atoms with Crippen LogP contribution in [0.15, 0.2) is 17.5 Å². The van der Waals surface area contributed by atoms with Crippen LogP contribution in [0, 0.1) is 0 Å². The molecular formula is C12H17NO2S. The number of hydrogen-bond donors (Lipinski definition) is 0. The molecule has 0 saturated carbocycles. The van der Waals surface area contributed by atoms with Crippen LogP contribution < -0.4 is 0 Å². The summed E-state index contributed by atoms with van der Waals surface area (Å²) in [7, 11) is 2.10. The van der Waals surface area contributed by atoms with Gasteiger partial charge < -0.3 is 9.64 Å². The average molecular weight is 239 g/mol. The van der Waals surface area contributed by atoms with E-state index in [2.05, 4.69) is 11.9 Å². The van der Waals surface area contributed by atoms with Crippen LogP contribution in [0.5, 0.6) is 0 Å². The van der Waals surface area contributed by atoms with Crippen molar-refractivity contribution in [2.75, 3.05) is 20.1 Å². The molecule has 0 aliphatic carbocycles. The molecule has 0 bridgehead atoms. The normalized spacial score (nSPS) is 18.6. The van der Waals surface area contributed by atoms with Crippen LogP contribution in [0.4, 0.5) is 0 Å². The predicted molar refractivity (Wildman–Crippen MR) is 64.6 cm³/mol. The molecule has 0 amide bonds. The fraction of sp³-hybridized carbons (Fsp3) is 0.583. The third-order valence-corrected chi connectivity index (χ3v) is 3.74. The number of thiophene rings is 1. The van der Waals surface area contributed by atoms with Crippen LogP contribution in [-0.2, 0) is 16.0 Å². The maximum Gasteiger partial charge on any atom is 0.311 e. The van der Waals surface area contributed by atoms with Crippen LogP contribution in [0.1, 0.15) is 17.7 Å². The van der Waals surface area contributed by atoms with Crippen molar-refractivity contribution < 1.29 is 9.53 Å². The van der Waals surface area contributed by atoms with Gasteiger partial charge in [0.05, 0.1) is 6.42 Å². The van der Waals surface area contributed by atoms with Crippen molar-refractivity contribution in [1.29, 1.82) is 0 Å². The summed E-state index contributed by atoms with van der Waals surface area (Å²) < 4.78 is 5.45. The minimum Gasteiger partial charge on any atom is -0.462 e. The Morgan fingerprint density at radius 2 is 2.31 bits per heavy atom. The molecule has 0 unspecified atom stereocenters. The van der Waals surface area contributed by atoms with Gasteiger partial charge in [0.25, 0.3) is 0 Å². The van der Waals surface area contributed by atoms with Crippen molar-refractivity contribution in [3.8, 4) is 0 Å². The van der Waals surface area contributed by atoms with Gasteiger partial charge in [-0.15, -0.1) is 11.3 Å². The highest BCUT2D eigenvalue weighted by Gasteiger charge is 2.20. The van der Waals surface area contributed by atoms with Gasteiger partial charge in [0.15, 0.2) is 0 Å². The number of nitrogens with zero attached hydrogens (tertiary/aromatic N) is 1. The van der Waals surface area contributed by atoms with Crippen LogP contribution in [0.25, 0.3) is 0 Å². The molecule has 1 saturated heterocycles. The van der Waals surface area contributed by atoms with E-state index in [4.69, 9.17) is 4.74 Å². The molecule has 3 nitrogen and oxygen atoms in total. The van der Waals surface area contributed by atoms with E-state index in [1.165, 1.54) is 0 Å². The number of ether oxygens (including phenoxy) is 1. The molecular weight excluding hydrogens is 222 g/mol. The van der Waals surface area contributed by atoms with Crippen LogP contribution in [0.3, 0.4) is 0 Å². The molecule has 88 valence electrons. The lowest BCUT2D eigenvalue weighted by Crippen LogP contribution is -2.35. The summed E-state index contributed by atoms with van der Waals surface area (Å²) in [6.07, 6.45) is 2.48. The summed E-state index contributed by atoms with van der Waals surface area (Å²) in [4.78, 5) is 15.0. The van der Waals surface area contributed by atoms with Gasteiger partial charge in [-0.25, -0.2) is 0 Å². The molecule has 2 rings (SSSR count). The van der Waals surface area contributed by atoms with Crippen LogP contribution >= 0.6 is 11.3 Å². The second-order valence-electron chi connectivity index (χ2n) is 4.25. The van der Waals surface area contributed by atoms with E-state index >= 15 is 0 Å². The fourth-order valence-electron chi connectivity index (χ4n) is 1.89. The Balaban J connectivity index is 1.75. The number of esters is 1. The molecule has 1 aliphatic rings. The van der Waals surface area contributed by atoms with Crippen molar-refractivity contribution in [2.24, 2.45) is 0 Å². The molecule has 16 heavy (non-hydrogen) atoms. The number of carbonyl (C=O) groups is 1. The molecule has 2 heterocycles. The van der Waals surface area contributed by atoms with E-state index in [9.17, 15) is 4.79 Å². The summed E-state index contributed by atoms with van der Waals surface area (Å²) in [6, 6.07) is 3.93. The number of rotatable bonds is 3. The second-order valence-corrected chi connectivity index (χ2v) is 5.28. The largest absolute Gasteiger partial charge is 0.462 e. The third-order valence-electron chi connectivity index (χ3n) is 2.86. The van der Waals surface area contributed by atoms with E-state index in [0.717, 1.165) is 30.8 Å². The molecule has 0 spiro atoms. The van der Waals surface area contributed by atoms with E-state index < -0.39 is 0 Å². The van der Waals surface area contributed by atoms with Crippen LogP contribution in [-0.4, -0.2) is 37.1 Å². The molecule has 0 atom stereocenters. The first-order valence-electron chi connectivity index (χ1n) is 5.64. The molecule has 1 aliphatic heterocycles. The van der Waals surface area contributed by atoms with Gasteiger partial charge in [-0.3, -0.25) is 4.79 Å². The van der Waals surface area contributed by atoms with E-state index in [0.29, 0.717) is 6.42 Å². The van der Waals surface area contributed by atoms with Crippen molar-refractivity contribution >= 4 is 17.3 Å². The smallest absolute Gasteiger partial charge is 0.311 e. The number of piperidine rings is 1. The van der Waals surface area contributed by atoms with E-state index in [1.54, 1.807) is 11.3 Å². The van der Waals surface area contributed by atoms with Crippen molar-refractivity contribution in [3.05, 3.63) is 22.4 Å². The summed E-state index contributed by atoms with van der Waals surface area (Å²) in [5, 5.41) is 1.98. The molecule has 0 aromatic carbocycles. The highest BCUT2D eigenvalue weighted by molar-refractivity contribution is 7.10. The zero-order valence-electron chi connectivity index (χ0n) is 9.52. The minimum absolute atomic E-state index is 0.0861. The van der Waals surface area contributed by atoms with E-state index in [-0.39, 0.29) is 12.1 Å². The Hall–Kier alpha value is -0.870. The molecule has 1 fully saturated rings. The zero-order valence-corrected chi connectivity index (χ0v) is 10.3. The predicted octanol–water partition coefficient (Wildman–Crippen LogP) is 1.93. The highest BCUT2D eigenvalue weighted by atomic mass is 32.1. The van der Waals surface area contributed by atoms with Gasteiger partial charge in [0, 0.05) is 18.0 Å². The maximum atomic E-state index is 11.6. The lowest BCUT2D eigenvalue weighted by atomic mass is 10.1. The molecule has 1 aromatic heterocycles. The quantitative estimate of drug-likeness (QED) is 0.755. The summed E-state index contributed by atoms with van der Waals surface area (Å²) in [5.74, 6) is -0.0861. The van der Waals surface area contributed by atoms with Crippen molar-refractivity contribution in [3.63, 3.8) is 0 Å². The molecule has 0 radical (unpaired) electrons. The molecule has 1 aromatic rings. The Morgan fingerprint density at radius 1 is 1.56 bits per heavy atom. The van der Waals surface area contributed by atoms with Crippen molar-refractivity contribution in [2.45, 2.75) is 25.4 Å². The SMILES string of the molecule is CN1CCC(OC(=O)Cc2cccs2)CC1. The maximum absolute atomic E-state index is 11.6. The summed E-state index contributed by atoms with van der Waals surface area (Å²) >= 11 is 1.60.